The van der Waals surface area contributed by atoms with Crippen molar-refractivity contribution in [3.63, 3.8) is 0 Å². The Balaban J connectivity index is 0.000000422. The largest absolute Gasteiger partial charge is 0.726 e. The minimum absolute atomic E-state index is 0.225. The Bertz CT molecular complexity index is 772. The van der Waals surface area contributed by atoms with Crippen LogP contribution in [0.4, 0.5) is 0 Å². The maximum absolute atomic E-state index is 10.3. The molecular formula is C12H14N2O7S. The molecule has 2 rings (SSSR count). The molecule has 0 bridgehead atoms. The first-order chi connectivity index (χ1) is 10.2. The summed E-state index contributed by atoms with van der Waals surface area (Å²) in [6.45, 7) is 0.537. The third-order valence-electron chi connectivity index (χ3n) is 2.52. The van der Waals surface area contributed by atoms with Crippen LogP contribution in [0.3, 0.4) is 0 Å². The lowest BCUT2D eigenvalue weighted by atomic mass is 10.1. The van der Waals surface area contributed by atoms with Gasteiger partial charge < -0.3 is 19.7 Å². The van der Waals surface area contributed by atoms with Gasteiger partial charge in [-0.15, -0.1) is 0 Å². The number of aromatic amines is 1. The van der Waals surface area contributed by atoms with E-state index in [1.165, 1.54) is 0 Å². The third kappa shape index (κ3) is 6.83. The second-order valence-corrected chi connectivity index (χ2v) is 5.01. The van der Waals surface area contributed by atoms with Gasteiger partial charge in [0.25, 0.3) is 0 Å². The van der Waals surface area contributed by atoms with Gasteiger partial charge in [-0.1, -0.05) is 0 Å². The van der Waals surface area contributed by atoms with Crippen molar-refractivity contribution in [1.82, 2.24) is 4.98 Å². The second kappa shape index (κ2) is 7.54. The highest BCUT2D eigenvalue weighted by molar-refractivity contribution is 7.79. The Morgan fingerprint density at radius 3 is 2.64 bits per heavy atom. The van der Waals surface area contributed by atoms with E-state index in [0.717, 1.165) is 22.7 Å². The van der Waals surface area contributed by atoms with Crippen molar-refractivity contribution in [2.45, 2.75) is 6.42 Å². The summed E-state index contributed by atoms with van der Waals surface area (Å²) < 4.78 is 32.8. The smallest absolute Gasteiger partial charge is 0.392 e. The topological polar surface area (TPSA) is 165 Å². The molecule has 10 heteroatoms. The molecule has 0 unspecified atom stereocenters. The van der Waals surface area contributed by atoms with Gasteiger partial charge in [-0.2, -0.15) is 0 Å². The van der Waals surface area contributed by atoms with Crippen LogP contribution in [0.1, 0.15) is 5.56 Å². The van der Waals surface area contributed by atoms with Crippen molar-refractivity contribution in [3.05, 3.63) is 30.0 Å². The number of aromatic hydroxyl groups is 1. The lowest BCUT2D eigenvalue weighted by molar-refractivity contribution is -0.450. The molecule has 0 aliphatic heterocycles. The highest BCUT2D eigenvalue weighted by atomic mass is 32.3. The maximum atomic E-state index is 10.3. The Hall–Kier alpha value is -2.43. The molecule has 0 saturated heterocycles. The Morgan fingerprint density at radius 1 is 1.41 bits per heavy atom. The normalized spacial score (nSPS) is 11.4. The highest BCUT2D eigenvalue weighted by Gasteiger charge is 2.05. The van der Waals surface area contributed by atoms with Gasteiger partial charge >= 0.3 is 5.97 Å². The van der Waals surface area contributed by atoms with Crippen LogP contribution in [0.25, 0.3) is 10.9 Å². The second-order valence-electron chi connectivity index (χ2n) is 4.16. The van der Waals surface area contributed by atoms with E-state index >= 15 is 0 Å². The molecule has 5 N–H and O–H groups in total. The van der Waals surface area contributed by atoms with Gasteiger partial charge in [0.15, 0.2) is 0 Å². The molecule has 1 heterocycles. The van der Waals surface area contributed by atoms with Crippen molar-refractivity contribution in [2.75, 3.05) is 6.54 Å². The number of hydrogen-bond donors (Lipinski definition) is 5. The summed E-state index contributed by atoms with van der Waals surface area (Å²) in [5.74, 6) is -0.759. The monoisotopic (exact) mass is 330 g/mol. The SMILES string of the molecule is O=C(O)C=[NH+]CCc1c[nH]c2ccc(O)cc12.O=S(=O)([O-])O. The number of carboxylic acids is 1. The summed E-state index contributed by atoms with van der Waals surface area (Å²) in [5.41, 5.74) is 2.00. The summed E-state index contributed by atoms with van der Waals surface area (Å²) in [5, 5.41) is 18.8. The van der Waals surface area contributed by atoms with E-state index in [0.29, 0.717) is 13.0 Å². The van der Waals surface area contributed by atoms with Gasteiger partial charge in [-0.25, -0.2) is 18.2 Å². The average Bonchev–Trinajstić information content (AvgIpc) is 2.75. The summed E-state index contributed by atoms with van der Waals surface area (Å²) >= 11 is 0. The molecule has 0 aliphatic rings. The molecule has 0 atom stereocenters. The summed E-state index contributed by atoms with van der Waals surface area (Å²) in [7, 11) is -4.92. The van der Waals surface area contributed by atoms with Crippen molar-refractivity contribution in [3.8, 4) is 5.75 Å². The Labute approximate surface area is 125 Å². The van der Waals surface area contributed by atoms with Crippen molar-refractivity contribution in [1.29, 1.82) is 0 Å². The molecule has 0 fully saturated rings. The summed E-state index contributed by atoms with van der Waals surface area (Å²) in [6.07, 6.45) is 3.58. The number of phenolic OH excluding ortho intramolecular Hbond substituents is 1. The number of aromatic nitrogens is 1. The molecule has 120 valence electrons. The van der Waals surface area contributed by atoms with Crippen LogP contribution in [-0.4, -0.2) is 51.4 Å². The van der Waals surface area contributed by atoms with Crippen LogP contribution in [0, 0.1) is 0 Å². The lowest BCUT2D eigenvalue weighted by Gasteiger charge is -1.95. The van der Waals surface area contributed by atoms with Gasteiger partial charge in [0.2, 0.25) is 16.6 Å². The van der Waals surface area contributed by atoms with E-state index < -0.39 is 16.4 Å². The predicted molar refractivity (Wildman–Crippen MR) is 75.5 cm³/mol. The number of nitrogens with one attached hydrogen (secondary N) is 2. The molecule has 0 radical (unpaired) electrons. The van der Waals surface area contributed by atoms with Crippen LogP contribution in [-0.2, 0) is 21.6 Å². The van der Waals surface area contributed by atoms with Crippen LogP contribution >= 0.6 is 0 Å². The zero-order valence-corrected chi connectivity index (χ0v) is 12.0. The maximum Gasteiger partial charge on any atom is 0.392 e. The van der Waals surface area contributed by atoms with Gasteiger partial charge in [0.1, 0.15) is 12.3 Å². The zero-order chi connectivity index (χ0) is 16.8. The summed E-state index contributed by atoms with van der Waals surface area (Å²) in [6, 6.07) is 5.13. The fraction of sp³-hybridized carbons (Fsp3) is 0.167. The fourth-order valence-electron chi connectivity index (χ4n) is 1.74. The van der Waals surface area contributed by atoms with E-state index in [9.17, 15) is 9.90 Å². The molecule has 9 nitrogen and oxygen atoms in total. The fourth-order valence-corrected chi connectivity index (χ4v) is 1.74. The van der Waals surface area contributed by atoms with Crippen molar-refractivity contribution >= 4 is 33.5 Å². The molecule has 22 heavy (non-hydrogen) atoms. The van der Waals surface area contributed by atoms with Crippen LogP contribution in [0.15, 0.2) is 24.4 Å². The molecule has 0 saturated carbocycles. The van der Waals surface area contributed by atoms with Crippen molar-refractivity contribution in [2.24, 2.45) is 0 Å². The zero-order valence-electron chi connectivity index (χ0n) is 11.2. The first kappa shape index (κ1) is 17.6. The number of aliphatic carboxylic acids is 1. The number of H-pyrrole nitrogens is 1. The third-order valence-corrected chi connectivity index (χ3v) is 2.52. The minimum Gasteiger partial charge on any atom is -0.726 e. The number of carbonyl (C=O) groups is 1. The molecular weight excluding hydrogens is 316 g/mol. The Kier molecular flexibility index (Phi) is 6.04. The average molecular weight is 330 g/mol. The molecule has 1 aromatic carbocycles. The van der Waals surface area contributed by atoms with Gasteiger partial charge in [-0.05, 0) is 23.8 Å². The van der Waals surface area contributed by atoms with Gasteiger partial charge in [0.05, 0.1) is 0 Å². The number of carboxylic acid groups (broad SMARTS) is 1. The molecule has 0 spiro atoms. The molecule has 2 aromatic rings. The first-order valence-electron chi connectivity index (χ1n) is 5.93. The first-order valence-corrected chi connectivity index (χ1v) is 7.30. The van der Waals surface area contributed by atoms with Gasteiger partial charge in [0, 0.05) is 23.5 Å². The van der Waals surface area contributed by atoms with Crippen LogP contribution in [0.2, 0.25) is 0 Å². The van der Waals surface area contributed by atoms with E-state index in [1.54, 1.807) is 12.1 Å². The Morgan fingerprint density at radius 2 is 2.05 bits per heavy atom. The van der Waals surface area contributed by atoms with Gasteiger partial charge in [-0.3, -0.25) is 4.55 Å². The number of fused-ring (bicyclic) bond motifs is 1. The van der Waals surface area contributed by atoms with Crippen LogP contribution < -0.4 is 4.99 Å². The predicted octanol–water partition coefficient (Wildman–Crippen LogP) is -1.34. The van der Waals surface area contributed by atoms with E-state index in [2.05, 4.69) is 9.98 Å². The van der Waals surface area contributed by atoms with Crippen LogP contribution in [0.5, 0.6) is 5.75 Å². The number of rotatable bonds is 4. The van der Waals surface area contributed by atoms with E-state index in [-0.39, 0.29) is 5.75 Å². The number of benzene rings is 1. The molecule has 0 aliphatic carbocycles. The summed E-state index contributed by atoms with van der Waals surface area (Å²) in [4.78, 5) is 16.1. The van der Waals surface area contributed by atoms with Crippen molar-refractivity contribution < 1.29 is 37.5 Å². The lowest BCUT2D eigenvalue weighted by Crippen LogP contribution is -2.70. The molecule has 1 aromatic heterocycles. The van der Waals surface area contributed by atoms with E-state index in [1.807, 2.05) is 12.3 Å². The number of phenols is 1. The highest BCUT2D eigenvalue weighted by Crippen LogP contribution is 2.22. The number of hydrogen-bond acceptors (Lipinski definition) is 5. The standard InChI is InChI=1S/C12H12N2O3.H2O4S/c15-9-1-2-11-10(5-9)8(6-14-11)3-4-13-7-12(16)17;1-5(2,3)4/h1-2,5-7,14-15H,3-4H2,(H,16,17);(H2,1,2,3,4). The quantitative estimate of drug-likeness (QED) is 0.263. The molecule has 0 amide bonds. The van der Waals surface area contributed by atoms with E-state index in [4.69, 9.17) is 22.6 Å². The minimum atomic E-state index is -4.92.